The van der Waals surface area contributed by atoms with Crippen molar-refractivity contribution in [1.82, 2.24) is 24.5 Å². The van der Waals surface area contributed by atoms with E-state index in [1.165, 1.54) is 10.9 Å². The first-order valence-corrected chi connectivity index (χ1v) is 6.77. The fraction of sp³-hybridized carbons (Fsp3) is 0.462. The third kappa shape index (κ3) is 3.48. The SMILES string of the molecule is Cc1nn(CCC(=O)N(C)Cc2ccnn2C)cc1[N+](=O)[O-]. The third-order valence-corrected chi connectivity index (χ3v) is 3.42. The van der Waals surface area contributed by atoms with Crippen LogP contribution in [0.1, 0.15) is 17.8 Å². The zero-order valence-electron chi connectivity index (χ0n) is 12.8. The summed E-state index contributed by atoms with van der Waals surface area (Å²) in [6, 6.07) is 1.85. The van der Waals surface area contributed by atoms with E-state index >= 15 is 0 Å². The molecule has 0 spiro atoms. The van der Waals surface area contributed by atoms with Gasteiger partial charge in [-0.1, -0.05) is 0 Å². The van der Waals surface area contributed by atoms with Gasteiger partial charge in [0.2, 0.25) is 5.91 Å². The van der Waals surface area contributed by atoms with E-state index in [9.17, 15) is 14.9 Å². The Kier molecular flexibility index (Phi) is 4.54. The van der Waals surface area contributed by atoms with Crippen molar-refractivity contribution in [2.24, 2.45) is 7.05 Å². The molecule has 0 aliphatic heterocycles. The van der Waals surface area contributed by atoms with Crippen molar-refractivity contribution >= 4 is 11.6 Å². The number of nitro groups is 1. The first-order valence-electron chi connectivity index (χ1n) is 6.77. The Morgan fingerprint density at radius 2 is 2.23 bits per heavy atom. The number of hydrogen-bond acceptors (Lipinski definition) is 5. The van der Waals surface area contributed by atoms with Gasteiger partial charge >= 0.3 is 5.69 Å². The summed E-state index contributed by atoms with van der Waals surface area (Å²) in [5.74, 6) is -0.0583. The smallest absolute Gasteiger partial charge is 0.309 e. The van der Waals surface area contributed by atoms with Gasteiger partial charge in [-0.05, 0) is 13.0 Å². The van der Waals surface area contributed by atoms with Gasteiger partial charge in [0.15, 0.2) is 0 Å². The van der Waals surface area contributed by atoms with Crippen LogP contribution in [-0.2, 0) is 24.9 Å². The topological polar surface area (TPSA) is 99.1 Å². The maximum absolute atomic E-state index is 12.1. The van der Waals surface area contributed by atoms with Crippen LogP contribution in [0, 0.1) is 17.0 Å². The zero-order chi connectivity index (χ0) is 16.3. The highest BCUT2D eigenvalue weighted by molar-refractivity contribution is 5.75. The van der Waals surface area contributed by atoms with Crippen molar-refractivity contribution in [3.05, 3.63) is 40.0 Å². The van der Waals surface area contributed by atoms with E-state index in [-0.39, 0.29) is 18.0 Å². The molecule has 0 atom stereocenters. The minimum Gasteiger partial charge on any atom is -0.340 e. The van der Waals surface area contributed by atoms with Crippen LogP contribution < -0.4 is 0 Å². The largest absolute Gasteiger partial charge is 0.340 e. The van der Waals surface area contributed by atoms with Gasteiger partial charge in [-0.2, -0.15) is 10.2 Å². The fourth-order valence-corrected chi connectivity index (χ4v) is 2.09. The van der Waals surface area contributed by atoms with Gasteiger partial charge in [-0.25, -0.2) is 0 Å². The highest BCUT2D eigenvalue weighted by Crippen LogP contribution is 2.15. The maximum atomic E-state index is 12.1. The molecular formula is C13H18N6O3. The van der Waals surface area contributed by atoms with Crippen molar-refractivity contribution in [3.63, 3.8) is 0 Å². The molecular weight excluding hydrogens is 288 g/mol. The van der Waals surface area contributed by atoms with Gasteiger partial charge in [0, 0.05) is 33.3 Å². The molecule has 0 N–H and O–H groups in total. The quantitative estimate of drug-likeness (QED) is 0.582. The normalized spacial score (nSPS) is 10.7. The molecule has 0 radical (unpaired) electrons. The molecule has 0 saturated heterocycles. The second-order valence-electron chi connectivity index (χ2n) is 5.07. The summed E-state index contributed by atoms with van der Waals surface area (Å²) in [5, 5.41) is 18.9. The van der Waals surface area contributed by atoms with Gasteiger partial charge in [-0.3, -0.25) is 24.3 Å². The first-order chi connectivity index (χ1) is 10.4. The Bertz CT molecular complexity index is 690. The number of nitrogens with zero attached hydrogens (tertiary/aromatic N) is 6. The Hall–Kier alpha value is -2.71. The monoisotopic (exact) mass is 306 g/mol. The van der Waals surface area contributed by atoms with E-state index in [0.29, 0.717) is 18.8 Å². The average molecular weight is 306 g/mol. The molecule has 0 saturated carbocycles. The van der Waals surface area contributed by atoms with Crippen molar-refractivity contribution in [1.29, 1.82) is 0 Å². The molecule has 0 fully saturated rings. The lowest BCUT2D eigenvalue weighted by Gasteiger charge is -2.17. The van der Waals surface area contributed by atoms with Crippen LogP contribution in [-0.4, -0.2) is 42.3 Å². The molecule has 2 heterocycles. The third-order valence-electron chi connectivity index (χ3n) is 3.42. The van der Waals surface area contributed by atoms with E-state index in [1.54, 1.807) is 29.7 Å². The Balaban J connectivity index is 1.91. The predicted molar refractivity (Wildman–Crippen MR) is 77.9 cm³/mol. The average Bonchev–Trinajstić information content (AvgIpc) is 3.02. The van der Waals surface area contributed by atoms with Crippen LogP contribution in [0.25, 0.3) is 0 Å². The van der Waals surface area contributed by atoms with Gasteiger partial charge < -0.3 is 4.90 Å². The fourth-order valence-electron chi connectivity index (χ4n) is 2.09. The standard InChI is InChI=1S/C13H18N6O3/c1-10-12(19(21)22)9-18(15-10)7-5-13(20)16(2)8-11-4-6-14-17(11)3/h4,6,9H,5,7-8H2,1-3H3. The number of rotatable bonds is 6. The van der Waals surface area contributed by atoms with Crippen molar-refractivity contribution in [2.45, 2.75) is 26.4 Å². The number of carbonyl (C=O) groups is 1. The number of hydrogen-bond donors (Lipinski definition) is 0. The van der Waals surface area contributed by atoms with Gasteiger partial charge in [0.25, 0.3) is 0 Å². The Labute approximate surface area is 127 Å². The summed E-state index contributed by atoms with van der Waals surface area (Å²) in [5.41, 5.74) is 1.25. The summed E-state index contributed by atoms with van der Waals surface area (Å²) in [4.78, 5) is 24.0. The summed E-state index contributed by atoms with van der Waals surface area (Å²) in [6.07, 6.45) is 3.26. The van der Waals surface area contributed by atoms with Gasteiger partial charge in [0.05, 0.1) is 17.2 Å². The van der Waals surface area contributed by atoms with E-state index in [4.69, 9.17) is 0 Å². The van der Waals surface area contributed by atoms with Gasteiger partial charge in [-0.15, -0.1) is 0 Å². The highest BCUT2D eigenvalue weighted by atomic mass is 16.6. The lowest BCUT2D eigenvalue weighted by atomic mass is 10.3. The molecule has 9 nitrogen and oxygen atoms in total. The molecule has 118 valence electrons. The molecule has 0 aliphatic carbocycles. The summed E-state index contributed by atoms with van der Waals surface area (Å²) < 4.78 is 3.15. The van der Waals surface area contributed by atoms with Crippen LogP contribution >= 0.6 is 0 Å². The lowest BCUT2D eigenvalue weighted by Crippen LogP contribution is -2.28. The number of carbonyl (C=O) groups excluding carboxylic acids is 1. The summed E-state index contributed by atoms with van der Waals surface area (Å²) in [6.45, 7) is 2.35. The summed E-state index contributed by atoms with van der Waals surface area (Å²) >= 11 is 0. The van der Waals surface area contributed by atoms with E-state index in [0.717, 1.165) is 5.69 Å². The second-order valence-corrected chi connectivity index (χ2v) is 5.07. The zero-order valence-corrected chi connectivity index (χ0v) is 12.8. The number of amides is 1. The van der Waals surface area contributed by atoms with E-state index < -0.39 is 4.92 Å². The van der Waals surface area contributed by atoms with Crippen LogP contribution in [0.4, 0.5) is 5.69 Å². The summed E-state index contributed by atoms with van der Waals surface area (Å²) in [7, 11) is 3.53. The number of aromatic nitrogens is 4. The molecule has 0 aromatic carbocycles. The van der Waals surface area contributed by atoms with Crippen LogP contribution in [0.5, 0.6) is 0 Å². The number of aryl methyl sites for hydroxylation is 3. The molecule has 0 bridgehead atoms. The van der Waals surface area contributed by atoms with E-state index in [2.05, 4.69) is 10.2 Å². The Morgan fingerprint density at radius 1 is 1.50 bits per heavy atom. The van der Waals surface area contributed by atoms with Gasteiger partial charge in [0.1, 0.15) is 11.9 Å². The highest BCUT2D eigenvalue weighted by Gasteiger charge is 2.16. The molecule has 2 rings (SSSR count). The molecule has 0 aliphatic rings. The molecule has 0 unspecified atom stereocenters. The predicted octanol–water partition coefficient (Wildman–Crippen LogP) is 0.882. The minimum atomic E-state index is -0.477. The van der Waals surface area contributed by atoms with Crippen LogP contribution in [0.2, 0.25) is 0 Å². The van der Waals surface area contributed by atoms with Crippen molar-refractivity contribution < 1.29 is 9.72 Å². The second kappa shape index (κ2) is 6.37. The minimum absolute atomic E-state index is 0.0318. The Morgan fingerprint density at radius 3 is 2.77 bits per heavy atom. The van der Waals surface area contributed by atoms with Crippen molar-refractivity contribution in [3.8, 4) is 0 Å². The lowest BCUT2D eigenvalue weighted by molar-refractivity contribution is -0.385. The van der Waals surface area contributed by atoms with E-state index in [1.807, 2.05) is 13.1 Å². The van der Waals surface area contributed by atoms with Crippen LogP contribution in [0.3, 0.4) is 0 Å². The molecule has 1 amide bonds. The molecule has 2 aromatic rings. The van der Waals surface area contributed by atoms with Crippen molar-refractivity contribution in [2.75, 3.05) is 7.05 Å². The molecule has 9 heteroatoms. The molecule has 2 aromatic heterocycles. The molecule has 22 heavy (non-hydrogen) atoms. The first kappa shape index (κ1) is 15.7. The maximum Gasteiger partial charge on any atom is 0.309 e. The van der Waals surface area contributed by atoms with Crippen LogP contribution in [0.15, 0.2) is 18.5 Å².